The minimum Gasteiger partial charge on any atom is -0.300 e. The summed E-state index contributed by atoms with van der Waals surface area (Å²) in [5.41, 5.74) is -1.92. The average Bonchev–Trinajstić information content (AvgIpc) is 2.24. The third-order valence-electron chi connectivity index (χ3n) is 2.29. The molecule has 1 aromatic carbocycles. The van der Waals surface area contributed by atoms with Gasteiger partial charge in [0, 0.05) is 18.4 Å². The SMILES string of the molecule is CC(=O)CCC(=O)c1ccc(F)cc1C(F)(F)F. The first-order valence-corrected chi connectivity index (χ1v) is 5.11. The summed E-state index contributed by atoms with van der Waals surface area (Å²) in [6, 6.07) is 1.86. The van der Waals surface area contributed by atoms with Crippen LogP contribution in [0.15, 0.2) is 18.2 Å². The lowest BCUT2D eigenvalue weighted by Crippen LogP contribution is -2.14. The number of rotatable bonds is 4. The van der Waals surface area contributed by atoms with Gasteiger partial charge in [-0.2, -0.15) is 13.2 Å². The number of ketones is 2. The van der Waals surface area contributed by atoms with E-state index in [4.69, 9.17) is 0 Å². The van der Waals surface area contributed by atoms with Crippen molar-refractivity contribution in [2.75, 3.05) is 0 Å². The summed E-state index contributed by atoms with van der Waals surface area (Å²) in [5.74, 6) is -2.18. The summed E-state index contributed by atoms with van der Waals surface area (Å²) >= 11 is 0. The fourth-order valence-corrected chi connectivity index (χ4v) is 1.42. The number of alkyl halides is 3. The first-order chi connectivity index (χ1) is 8.21. The standard InChI is InChI=1S/C12H10F4O2/c1-7(17)2-5-11(18)9-4-3-8(13)6-10(9)12(14,15)16/h3-4,6H,2,5H2,1H3. The van der Waals surface area contributed by atoms with Crippen LogP contribution in [0, 0.1) is 5.82 Å². The molecule has 0 aliphatic heterocycles. The Hall–Kier alpha value is -1.72. The van der Waals surface area contributed by atoms with Gasteiger partial charge in [-0.15, -0.1) is 0 Å². The van der Waals surface area contributed by atoms with Crippen LogP contribution in [0.2, 0.25) is 0 Å². The highest BCUT2D eigenvalue weighted by atomic mass is 19.4. The molecule has 18 heavy (non-hydrogen) atoms. The molecule has 0 spiro atoms. The minimum absolute atomic E-state index is 0.131. The first kappa shape index (κ1) is 14.3. The highest BCUT2D eigenvalue weighted by molar-refractivity contribution is 5.99. The fourth-order valence-electron chi connectivity index (χ4n) is 1.42. The smallest absolute Gasteiger partial charge is 0.300 e. The largest absolute Gasteiger partial charge is 0.417 e. The Kier molecular flexibility index (Phi) is 4.21. The van der Waals surface area contributed by atoms with Gasteiger partial charge >= 0.3 is 6.18 Å². The monoisotopic (exact) mass is 262 g/mol. The fraction of sp³-hybridized carbons (Fsp3) is 0.333. The molecule has 6 heteroatoms. The maximum Gasteiger partial charge on any atom is 0.417 e. The molecule has 0 aliphatic rings. The summed E-state index contributed by atoms with van der Waals surface area (Å²) in [6.07, 6.45) is -5.25. The van der Waals surface area contributed by atoms with Crippen LogP contribution in [-0.4, -0.2) is 11.6 Å². The van der Waals surface area contributed by atoms with Crippen LogP contribution in [0.1, 0.15) is 35.7 Å². The zero-order valence-corrected chi connectivity index (χ0v) is 9.47. The molecule has 1 aromatic rings. The quantitative estimate of drug-likeness (QED) is 0.615. The van der Waals surface area contributed by atoms with Gasteiger partial charge in [-0.3, -0.25) is 4.79 Å². The Morgan fingerprint density at radius 3 is 2.28 bits per heavy atom. The number of carbonyl (C=O) groups is 2. The predicted molar refractivity (Wildman–Crippen MR) is 55.6 cm³/mol. The van der Waals surface area contributed by atoms with E-state index in [0.29, 0.717) is 0 Å². The predicted octanol–water partition coefficient (Wildman–Crippen LogP) is 3.40. The van der Waals surface area contributed by atoms with Crippen molar-refractivity contribution in [2.45, 2.75) is 25.9 Å². The summed E-state index contributed by atoms with van der Waals surface area (Å²) in [5, 5.41) is 0. The molecule has 0 heterocycles. The normalized spacial score (nSPS) is 11.4. The molecular formula is C12H10F4O2. The maximum absolute atomic E-state index is 12.8. The second kappa shape index (κ2) is 5.29. The molecule has 0 bridgehead atoms. The molecule has 1 rings (SSSR count). The Balaban J connectivity index is 3.08. The summed E-state index contributed by atoms with van der Waals surface area (Å²) < 4.78 is 50.6. The third kappa shape index (κ3) is 3.65. The van der Waals surface area contributed by atoms with Gasteiger partial charge in [-0.1, -0.05) is 0 Å². The molecule has 0 N–H and O–H groups in total. The second-order valence-corrected chi connectivity index (χ2v) is 3.81. The number of hydrogen-bond donors (Lipinski definition) is 0. The van der Waals surface area contributed by atoms with Crippen molar-refractivity contribution < 1.29 is 27.2 Å². The van der Waals surface area contributed by atoms with Gasteiger partial charge < -0.3 is 4.79 Å². The van der Waals surface area contributed by atoms with Gasteiger partial charge in [-0.25, -0.2) is 4.39 Å². The van der Waals surface area contributed by atoms with E-state index in [1.807, 2.05) is 0 Å². The number of halogens is 4. The van der Waals surface area contributed by atoms with Crippen LogP contribution >= 0.6 is 0 Å². The van der Waals surface area contributed by atoms with E-state index < -0.39 is 28.9 Å². The number of carbonyl (C=O) groups excluding carboxylic acids is 2. The highest BCUT2D eigenvalue weighted by Gasteiger charge is 2.35. The molecule has 0 aromatic heterocycles. The molecule has 2 nitrogen and oxygen atoms in total. The van der Waals surface area contributed by atoms with Crippen molar-refractivity contribution in [1.82, 2.24) is 0 Å². The molecule has 98 valence electrons. The highest BCUT2D eigenvalue weighted by Crippen LogP contribution is 2.33. The molecule has 0 amide bonds. The Morgan fingerprint density at radius 1 is 1.17 bits per heavy atom. The van der Waals surface area contributed by atoms with E-state index in [2.05, 4.69) is 0 Å². The molecule has 0 aliphatic carbocycles. The van der Waals surface area contributed by atoms with E-state index >= 15 is 0 Å². The number of Topliss-reactive ketones (excluding diaryl/α,β-unsaturated/α-hetero) is 2. The van der Waals surface area contributed by atoms with Crippen LogP contribution in [0.4, 0.5) is 17.6 Å². The Labute approximate surface area is 101 Å². The summed E-state index contributed by atoms with van der Waals surface area (Å²) in [4.78, 5) is 22.2. The van der Waals surface area contributed by atoms with E-state index in [9.17, 15) is 27.2 Å². The Bertz CT molecular complexity index is 477. The maximum atomic E-state index is 12.8. The third-order valence-corrected chi connectivity index (χ3v) is 2.29. The van der Waals surface area contributed by atoms with Crippen molar-refractivity contribution in [2.24, 2.45) is 0 Å². The van der Waals surface area contributed by atoms with Crippen LogP contribution < -0.4 is 0 Å². The van der Waals surface area contributed by atoms with Crippen LogP contribution in [-0.2, 0) is 11.0 Å². The number of hydrogen-bond acceptors (Lipinski definition) is 2. The van der Waals surface area contributed by atoms with E-state index in [1.165, 1.54) is 6.92 Å². The molecule has 0 radical (unpaired) electrons. The van der Waals surface area contributed by atoms with Gasteiger partial charge in [0.05, 0.1) is 5.56 Å². The van der Waals surface area contributed by atoms with Crippen molar-refractivity contribution in [3.05, 3.63) is 35.1 Å². The molecular weight excluding hydrogens is 252 g/mol. The van der Waals surface area contributed by atoms with Gasteiger partial charge in [0.2, 0.25) is 0 Å². The summed E-state index contributed by atoms with van der Waals surface area (Å²) in [7, 11) is 0. The molecule has 0 atom stereocenters. The van der Waals surface area contributed by atoms with Gasteiger partial charge in [-0.05, 0) is 25.1 Å². The van der Waals surface area contributed by atoms with Crippen LogP contribution in [0.25, 0.3) is 0 Å². The van der Waals surface area contributed by atoms with Crippen molar-refractivity contribution >= 4 is 11.6 Å². The lowest BCUT2D eigenvalue weighted by Gasteiger charge is -2.11. The van der Waals surface area contributed by atoms with Gasteiger partial charge in [0.15, 0.2) is 5.78 Å². The Morgan fingerprint density at radius 2 is 1.78 bits per heavy atom. The average molecular weight is 262 g/mol. The first-order valence-electron chi connectivity index (χ1n) is 5.11. The lowest BCUT2D eigenvalue weighted by atomic mass is 9.99. The van der Waals surface area contributed by atoms with E-state index in [0.717, 1.165) is 12.1 Å². The topological polar surface area (TPSA) is 34.1 Å². The zero-order chi connectivity index (χ0) is 13.9. The van der Waals surface area contributed by atoms with Crippen molar-refractivity contribution in [3.8, 4) is 0 Å². The van der Waals surface area contributed by atoms with Gasteiger partial charge in [0.25, 0.3) is 0 Å². The van der Waals surface area contributed by atoms with E-state index in [-0.39, 0.29) is 24.7 Å². The van der Waals surface area contributed by atoms with Crippen molar-refractivity contribution in [1.29, 1.82) is 0 Å². The molecule has 0 unspecified atom stereocenters. The molecule has 0 saturated carbocycles. The minimum atomic E-state index is -4.80. The van der Waals surface area contributed by atoms with E-state index in [1.54, 1.807) is 0 Å². The van der Waals surface area contributed by atoms with Crippen LogP contribution in [0.5, 0.6) is 0 Å². The number of benzene rings is 1. The van der Waals surface area contributed by atoms with Crippen LogP contribution in [0.3, 0.4) is 0 Å². The lowest BCUT2D eigenvalue weighted by molar-refractivity contribution is -0.138. The summed E-state index contributed by atoms with van der Waals surface area (Å²) in [6.45, 7) is 1.24. The van der Waals surface area contributed by atoms with Crippen molar-refractivity contribution in [3.63, 3.8) is 0 Å². The molecule has 0 fully saturated rings. The second-order valence-electron chi connectivity index (χ2n) is 3.81. The molecule has 0 saturated heterocycles. The van der Waals surface area contributed by atoms with Gasteiger partial charge in [0.1, 0.15) is 11.6 Å². The zero-order valence-electron chi connectivity index (χ0n) is 9.47.